The van der Waals surface area contributed by atoms with Crippen molar-refractivity contribution in [1.82, 2.24) is 4.90 Å². The van der Waals surface area contributed by atoms with Crippen LogP contribution in [0.2, 0.25) is 5.02 Å². The number of carbonyl (C=O) groups is 2. The normalized spacial score (nSPS) is 15.2. The number of amides is 2. The molecule has 1 aliphatic rings. The second-order valence-electron chi connectivity index (χ2n) is 6.41. The maximum absolute atomic E-state index is 12.7. The Balaban J connectivity index is 1.54. The number of furan rings is 1. The predicted molar refractivity (Wildman–Crippen MR) is 114 cm³/mol. The Morgan fingerprint density at radius 1 is 1.10 bits per heavy atom. The molecule has 3 aromatic rings. The highest BCUT2D eigenvalue weighted by Crippen LogP contribution is 2.34. The number of thioether (sulfide) groups is 1. The lowest BCUT2D eigenvalue weighted by atomic mass is 10.1. The van der Waals surface area contributed by atoms with Crippen LogP contribution in [0, 0.1) is 10.1 Å². The van der Waals surface area contributed by atoms with Gasteiger partial charge >= 0.3 is 0 Å². The highest BCUT2D eigenvalue weighted by Gasteiger charge is 2.35. The Morgan fingerprint density at radius 2 is 1.90 bits per heavy atom. The molecule has 0 aliphatic carbocycles. The molecule has 1 saturated heterocycles. The first-order valence-corrected chi connectivity index (χ1v) is 9.94. The van der Waals surface area contributed by atoms with Gasteiger partial charge in [-0.25, -0.2) is 0 Å². The average molecular weight is 441 g/mol. The van der Waals surface area contributed by atoms with Crippen LogP contribution in [0.5, 0.6) is 0 Å². The van der Waals surface area contributed by atoms with E-state index in [0.29, 0.717) is 22.1 Å². The van der Waals surface area contributed by atoms with Crippen molar-refractivity contribution in [2.45, 2.75) is 6.54 Å². The van der Waals surface area contributed by atoms with Gasteiger partial charge in [-0.3, -0.25) is 24.6 Å². The first kappa shape index (κ1) is 19.9. The van der Waals surface area contributed by atoms with Crippen LogP contribution >= 0.6 is 23.4 Å². The topological polar surface area (TPSA) is 93.7 Å². The lowest BCUT2D eigenvalue weighted by Gasteiger charge is -2.12. The summed E-state index contributed by atoms with van der Waals surface area (Å²) >= 11 is 6.79. The minimum Gasteiger partial charge on any atom is -0.457 e. The SMILES string of the molecule is O=C1S/C(=C\c2ccc(-c3cccc([N+](=O)[O-])c3)o2)C(=O)N1Cc1cccc(Cl)c1. The number of hydrogen-bond donors (Lipinski definition) is 0. The van der Waals surface area contributed by atoms with Crippen molar-refractivity contribution in [1.29, 1.82) is 0 Å². The smallest absolute Gasteiger partial charge is 0.293 e. The van der Waals surface area contributed by atoms with Gasteiger partial charge in [0.05, 0.1) is 16.4 Å². The number of imide groups is 1. The van der Waals surface area contributed by atoms with E-state index in [2.05, 4.69) is 0 Å². The lowest BCUT2D eigenvalue weighted by molar-refractivity contribution is -0.384. The lowest BCUT2D eigenvalue weighted by Crippen LogP contribution is -2.27. The van der Waals surface area contributed by atoms with E-state index in [0.717, 1.165) is 22.2 Å². The molecule has 0 bridgehead atoms. The predicted octanol–water partition coefficient (Wildman–Crippen LogP) is 5.74. The molecule has 2 heterocycles. The zero-order valence-electron chi connectivity index (χ0n) is 15.3. The molecule has 150 valence electrons. The second kappa shape index (κ2) is 8.17. The van der Waals surface area contributed by atoms with Crippen LogP contribution in [-0.4, -0.2) is 21.0 Å². The molecule has 4 rings (SSSR count). The van der Waals surface area contributed by atoms with Crippen molar-refractivity contribution < 1.29 is 18.9 Å². The first-order chi connectivity index (χ1) is 14.4. The molecule has 0 radical (unpaired) electrons. The first-order valence-electron chi connectivity index (χ1n) is 8.75. The molecule has 30 heavy (non-hydrogen) atoms. The summed E-state index contributed by atoms with van der Waals surface area (Å²) in [7, 11) is 0. The second-order valence-corrected chi connectivity index (χ2v) is 7.84. The molecular formula is C21H13ClN2O5S. The minimum atomic E-state index is -0.483. The molecule has 2 aromatic carbocycles. The summed E-state index contributed by atoms with van der Waals surface area (Å²) in [5.74, 6) is 0.367. The number of halogens is 1. The Bertz CT molecular complexity index is 1200. The highest BCUT2D eigenvalue weighted by atomic mass is 35.5. The summed E-state index contributed by atoms with van der Waals surface area (Å²) in [6.45, 7) is 0.125. The summed E-state index contributed by atoms with van der Waals surface area (Å²) in [5.41, 5.74) is 1.24. The largest absolute Gasteiger partial charge is 0.457 e. The van der Waals surface area contributed by atoms with E-state index in [-0.39, 0.29) is 22.4 Å². The molecule has 1 aliphatic heterocycles. The number of nitro groups is 1. The number of benzene rings is 2. The number of rotatable bonds is 5. The van der Waals surface area contributed by atoms with Gasteiger partial charge in [-0.05, 0) is 41.6 Å². The van der Waals surface area contributed by atoms with Crippen LogP contribution in [-0.2, 0) is 11.3 Å². The van der Waals surface area contributed by atoms with E-state index in [1.54, 1.807) is 48.5 Å². The maximum atomic E-state index is 12.7. The Labute approximate surface area is 180 Å². The number of hydrogen-bond acceptors (Lipinski definition) is 6. The monoisotopic (exact) mass is 440 g/mol. The third kappa shape index (κ3) is 4.14. The van der Waals surface area contributed by atoms with E-state index in [1.165, 1.54) is 18.2 Å². The zero-order valence-corrected chi connectivity index (χ0v) is 16.9. The van der Waals surface area contributed by atoms with E-state index < -0.39 is 10.8 Å². The van der Waals surface area contributed by atoms with Crippen molar-refractivity contribution in [3.05, 3.63) is 92.0 Å². The van der Waals surface area contributed by atoms with Crippen molar-refractivity contribution in [3.63, 3.8) is 0 Å². The Kier molecular flexibility index (Phi) is 5.43. The summed E-state index contributed by atoms with van der Waals surface area (Å²) in [6, 6.07) is 16.3. The third-order valence-corrected chi connectivity index (χ3v) is 5.49. The summed E-state index contributed by atoms with van der Waals surface area (Å²) in [4.78, 5) is 36.8. The van der Waals surface area contributed by atoms with Gasteiger partial charge in [0, 0.05) is 28.8 Å². The molecule has 0 spiro atoms. The van der Waals surface area contributed by atoms with Gasteiger partial charge in [0.15, 0.2) is 0 Å². The quantitative estimate of drug-likeness (QED) is 0.285. The van der Waals surface area contributed by atoms with E-state index in [4.69, 9.17) is 16.0 Å². The molecule has 7 nitrogen and oxygen atoms in total. The van der Waals surface area contributed by atoms with E-state index in [9.17, 15) is 19.7 Å². The van der Waals surface area contributed by atoms with Crippen LogP contribution in [0.25, 0.3) is 17.4 Å². The summed E-state index contributed by atoms with van der Waals surface area (Å²) in [6.07, 6.45) is 1.49. The maximum Gasteiger partial charge on any atom is 0.293 e. The van der Waals surface area contributed by atoms with Gasteiger partial charge in [0.25, 0.3) is 16.8 Å². The fourth-order valence-electron chi connectivity index (χ4n) is 2.94. The molecule has 2 amide bonds. The van der Waals surface area contributed by atoms with Gasteiger partial charge in [0.2, 0.25) is 0 Å². The Hall–Kier alpha value is -3.36. The van der Waals surface area contributed by atoms with Crippen LogP contribution in [0.15, 0.2) is 70.0 Å². The Morgan fingerprint density at radius 3 is 2.67 bits per heavy atom. The highest BCUT2D eigenvalue weighted by molar-refractivity contribution is 8.18. The summed E-state index contributed by atoms with van der Waals surface area (Å²) in [5, 5.41) is 11.1. The number of non-ortho nitro benzene ring substituents is 1. The van der Waals surface area contributed by atoms with Crippen LogP contribution in [0.1, 0.15) is 11.3 Å². The summed E-state index contributed by atoms with van der Waals surface area (Å²) < 4.78 is 5.71. The van der Waals surface area contributed by atoms with Crippen molar-refractivity contribution in [3.8, 4) is 11.3 Å². The van der Waals surface area contributed by atoms with E-state index >= 15 is 0 Å². The van der Waals surface area contributed by atoms with Crippen molar-refractivity contribution >= 4 is 46.3 Å². The van der Waals surface area contributed by atoms with Crippen LogP contribution in [0.4, 0.5) is 10.5 Å². The molecule has 0 unspecified atom stereocenters. The van der Waals surface area contributed by atoms with Gasteiger partial charge in [-0.1, -0.05) is 35.9 Å². The molecule has 1 fully saturated rings. The van der Waals surface area contributed by atoms with Gasteiger partial charge in [-0.2, -0.15) is 0 Å². The molecule has 0 atom stereocenters. The van der Waals surface area contributed by atoms with Gasteiger partial charge < -0.3 is 4.42 Å². The van der Waals surface area contributed by atoms with Crippen molar-refractivity contribution in [2.24, 2.45) is 0 Å². The number of nitrogens with zero attached hydrogens (tertiary/aromatic N) is 2. The van der Waals surface area contributed by atoms with Crippen LogP contribution in [0.3, 0.4) is 0 Å². The molecule has 0 saturated carbocycles. The third-order valence-electron chi connectivity index (χ3n) is 4.34. The molecule has 0 N–H and O–H groups in total. The minimum absolute atomic E-state index is 0.0485. The standard InChI is InChI=1S/C21H13ClN2O5S/c22-15-5-1-3-13(9-15)12-23-20(25)19(30-21(23)26)11-17-7-8-18(29-17)14-4-2-6-16(10-14)24(27)28/h1-11H,12H2/b19-11-. The average Bonchev–Trinajstić information content (AvgIpc) is 3.29. The zero-order chi connectivity index (χ0) is 21.3. The molecule has 1 aromatic heterocycles. The fraction of sp³-hybridized carbons (Fsp3) is 0.0476. The van der Waals surface area contributed by atoms with Gasteiger partial charge in [0.1, 0.15) is 11.5 Å². The van der Waals surface area contributed by atoms with Crippen molar-refractivity contribution in [2.75, 3.05) is 0 Å². The molecular weight excluding hydrogens is 428 g/mol. The molecule has 9 heteroatoms. The number of nitro benzene ring substituents is 1. The fourth-order valence-corrected chi connectivity index (χ4v) is 3.97. The van der Waals surface area contributed by atoms with E-state index in [1.807, 2.05) is 0 Å². The number of carbonyl (C=O) groups excluding carboxylic acids is 2. The van der Waals surface area contributed by atoms with Gasteiger partial charge in [-0.15, -0.1) is 0 Å². The van der Waals surface area contributed by atoms with Crippen LogP contribution < -0.4 is 0 Å².